The number of thioether (sulfide) groups is 1. The van der Waals surface area contributed by atoms with E-state index < -0.39 is 0 Å². The lowest BCUT2D eigenvalue weighted by Crippen LogP contribution is -2.20. The van der Waals surface area contributed by atoms with Crippen molar-refractivity contribution in [3.63, 3.8) is 0 Å². The van der Waals surface area contributed by atoms with Gasteiger partial charge in [-0.2, -0.15) is 0 Å². The molecule has 0 amide bonds. The molecule has 0 bridgehead atoms. The molecule has 3 heteroatoms. The lowest BCUT2D eigenvalue weighted by atomic mass is 10.1. The Balaban J connectivity index is 1.46. The van der Waals surface area contributed by atoms with Crippen molar-refractivity contribution in [3.8, 4) is 0 Å². The van der Waals surface area contributed by atoms with E-state index in [1.165, 1.54) is 16.7 Å². The zero-order valence-electron chi connectivity index (χ0n) is 11.5. The van der Waals surface area contributed by atoms with Crippen LogP contribution in [-0.2, 0) is 13.1 Å². The highest BCUT2D eigenvalue weighted by Crippen LogP contribution is 2.25. The molecular weight excluding hydrogens is 264 g/mol. The van der Waals surface area contributed by atoms with Gasteiger partial charge in [0.05, 0.1) is 5.37 Å². The molecule has 0 spiro atoms. The average molecular weight is 284 g/mol. The summed E-state index contributed by atoms with van der Waals surface area (Å²) in [5.74, 6) is 1.07. The lowest BCUT2D eigenvalue weighted by Gasteiger charge is -2.16. The van der Waals surface area contributed by atoms with Gasteiger partial charge in [0.1, 0.15) is 0 Å². The fourth-order valence-electron chi connectivity index (χ4n) is 2.61. The predicted octanol–water partition coefficient (Wildman–Crippen LogP) is 3.39. The fourth-order valence-corrected chi connectivity index (χ4v) is 3.58. The topological polar surface area (TPSA) is 29.3 Å². The maximum Gasteiger partial charge on any atom is 0.0764 e. The third-order valence-corrected chi connectivity index (χ3v) is 4.79. The molecule has 0 aromatic heterocycles. The summed E-state index contributed by atoms with van der Waals surface area (Å²) < 4.78 is 0. The summed E-state index contributed by atoms with van der Waals surface area (Å²) in [6.07, 6.45) is 0. The number of hydrogen-bond acceptors (Lipinski definition) is 3. The highest BCUT2D eigenvalue weighted by atomic mass is 32.2. The van der Waals surface area contributed by atoms with Crippen molar-refractivity contribution in [1.29, 1.82) is 0 Å². The Labute approximate surface area is 125 Å². The van der Waals surface area contributed by atoms with Gasteiger partial charge in [0.25, 0.3) is 0 Å². The van der Waals surface area contributed by atoms with E-state index in [0.717, 1.165) is 25.4 Å². The van der Waals surface area contributed by atoms with E-state index >= 15 is 0 Å². The standard InChI is InChI=1S/C17H20N2S/c18-17(14-6-2-1-3-7-14)20-11-10-19-12-15-8-4-5-9-16(15)13-19/h1-9,17H,10-13,18H2. The Kier molecular flexibility index (Phi) is 4.41. The summed E-state index contributed by atoms with van der Waals surface area (Å²) in [7, 11) is 0. The van der Waals surface area contributed by atoms with Gasteiger partial charge in [-0.25, -0.2) is 0 Å². The molecule has 20 heavy (non-hydrogen) atoms. The molecule has 1 aliphatic rings. The van der Waals surface area contributed by atoms with Crippen LogP contribution in [0.25, 0.3) is 0 Å². The highest BCUT2D eigenvalue weighted by Gasteiger charge is 2.17. The van der Waals surface area contributed by atoms with E-state index in [2.05, 4.69) is 41.3 Å². The van der Waals surface area contributed by atoms with E-state index in [0.29, 0.717) is 0 Å². The maximum atomic E-state index is 6.21. The summed E-state index contributed by atoms with van der Waals surface area (Å²) in [5.41, 5.74) is 10.4. The zero-order chi connectivity index (χ0) is 13.8. The van der Waals surface area contributed by atoms with Gasteiger partial charge in [-0.05, 0) is 16.7 Å². The van der Waals surface area contributed by atoms with E-state index in [1.54, 1.807) is 0 Å². The van der Waals surface area contributed by atoms with Crippen LogP contribution in [0, 0.1) is 0 Å². The number of nitrogens with two attached hydrogens (primary N) is 1. The molecule has 2 aromatic carbocycles. The molecule has 0 fully saturated rings. The second-order valence-electron chi connectivity index (χ2n) is 5.18. The van der Waals surface area contributed by atoms with Crippen LogP contribution in [0.2, 0.25) is 0 Å². The van der Waals surface area contributed by atoms with Crippen LogP contribution >= 0.6 is 11.8 Å². The van der Waals surface area contributed by atoms with E-state index in [9.17, 15) is 0 Å². The quantitative estimate of drug-likeness (QED) is 0.853. The van der Waals surface area contributed by atoms with Gasteiger partial charge in [-0.15, -0.1) is 11.8 Å². The van der Waals surface area contributed by atoms with Crippen molar-refractivity contribution in [1.82, 2.24) is 4.90 Å². The van der Waals surface area contributed by atoms with E-state index in [1.807, 2.05) is 30.0 Å². The molecular formula is C17H20N2S. The van der Waals surface area contributed by atoms with Gasteiger partial charge in [0.2, 0.25) is 0 Å². The van der Waals surface area contributed by atoms with Gasteiger partial charge in [-0.1, -0.05) is 54.6 Å². The minimum Gasteiger partial charge on any atom is -0.316 e. The smallest absolute Gasteiger partial charge is 0.0764 e. The first-order valence-electron chi connectivity index (χ1n) is 7.04. The number of nitrogens with zero attached hydrogens (tertiary/aromatic N) is 1. The van der Waals surface area contributed by atoms with Crippen LogP contribution in [-0.4, -0.2) is 17.2 Å². The first-order valence-corrected chi connectivity index (χ1v) is 8.09. The summed E-state index contributed by atoms with van der Waals surface area (Å²) in [6, 6.07) is 19.1. The third-order valence-electron chi connectivity index (χ3n) is 3.74. The number of benzene rings is 2. The first-order chi connectivity index (χ1) is 9.83. The second kappa shape index (κ2) is 6.44. The molecule has 1 atom stereocenters. The van der Waals surface area contributed by atoms with Crippen molar-refractivity contribution in [2.75, 3.05) is 12.3 Å². The molecule has 2 aromatic rings. The van der Waals surface area contributed by atoms with Crippen LogP contribution < -0.4 is 5.73 Å². The van der Waals surface area contributed by atoms with Crippen LogP contribution in [0.1, 0.15) is 22.1 Å². The second-order valence-corrected chi connectivity index (χ2v) is 6.43. The summed E-state index contributed by atoms with van der Waals surface area (Å²) >= 11 is 1.83. The summed E-state index contributed by atoms with van der Waals surface area (Å²) in [5, 5.41) is 0.0844. The van der Waals surface area contributed by atoms with Crippen LogP contribution in [0.3, 0.4) is 0 Å². The molecule has 0 aliphatic carbocycles. The maximum absolute atomic E-state index is 6.21. The van der Waals surface area contributed by atoms with Crippen LogP contribution in [0.4, 0.5) is 0 Å². The Morgan fingerprint density at radius 2 is 1.55 bits per heavy atom. The minimum atomic E-state index is 0.0844. The summed E-state index contributed by atoms with van der Waals surface area (Å²) in [4.78, 5) is 2.50. The molecule has 3 rings (SSSR count). The molecule has 104 valence electrons. The Bertz CT molecular complexity index is 531. The molecule has 0 radical (unpaired) electrons. The van der Waals surface area contributed by atoms with Crippen LogP contribution in [0.15, 0.2) is 54.6 Å². The molecule has 1 aliphatic heterocycles. The van der Waals surface area contributed by atoms with Gasteiger partial charge in [0, 0.05) is 25.4 Å². The molecule has 1 unspecified atom stereocenters. The molecule has 0 saturated carbocycles. The predicted molar refractivity (Wildman–Crippen MR) is 86.4 cm³/mol. The number of rotatable bonds is 5. The van der Waals surface area contributed by atoms with Crippen LogP contribution in [0.5, 0.6) is 0 Å². The minimum absolute atomic E-state index is 0.0844. The Morgan fingerprint density at radius 3 is 2.20 bits per heavy atom. The SMILES string of the molecule is NC(SCCN1Cc2ccccc2C1)c1ccccc1. The Hall–Kier alpha value is -1.29. The molecule has 2 nitrogen and oxygen atoms in total. The van der Waals surface area contributed by atoms with Gasteiger partial charge < -0.3 is 5.73 Å². The average Bonchev–Trinajstić information content (AvgIpc) is 2.90. The molecule has 2 N–H and O–H groups in total. The first kappa shape index (κ1) is 13.7. The summed E-state index contributed by atoms with van der Waals surface area (Å²) in [6.45, 7) is 3.26. The fraction of sp³-hybridized carbons (Fsp3) is 0.294. The van der Waals surface area contributed by atoms with Gasteiger partial charge in [0.15, 0.2) is 0 Å². The number of fused-ring (bicyclic) bond motifs is 1. The molecule has 0 saturated heterocycles. The van der Waals surface area contributed by atoms with Crippen molar-refractivity contribution in [2.24, 2.45) is 5.73 Å². The van der Waals surface area contributed by atoms with Crippen molar-refractivity contribution >= 4 is 11.8 Å². The van der Waals surface area contributed by atoms with Gasteiger partial charge >= 0.3 is 0 Å². The largest absolute Gasteiger partial charge is 0.316 e. The van der Waals surface area contributed by atoms with Crippen molar-refractivity contribution < 1.29 is 0 Å². The Morgan fingerprint density at radius 1 is 0.950 bits per heavy atom. The molecule has 1 heterocycles. The van der Waals surface area contributed by atoms with Crippen molar-refractivity contribution in [3.05, 3.63) is 71.3 Å². The van der Waals surface area contributed by atoms with Gasteiger partial charge in [-0.3, -0.25) is 4.90 Å². The zero-order valence-corrected chi connectivity index (χ0v) is 12.4. The highest BCUT2D eigenvalue weighted by molar-refractivity contribution is 7.99. The monoisotopic (exact) mass is 284 g/mol. The third kappa shape index (κ3) is 3.23. The van der Waals surface area contributed by atoms with Crippen molar-refractivity contribution in [2.45, 2.75) is 18.5 Å². The van der Waals surface area contributed by atoms with E-state index in [-0.39, 0.29) is 5.37 Å². The number of hydrogen-bond donors (Lipinski definition) is 1. The lowest BCUT2D eigenvalue weighted by molar-refractivity contribution is 0.303. The van der Waals surface area contributed by atoms with E-state index in [4.69, 9.17) is 5.73 Å². The normalized spacial score (nSPS) is 16.1.